The molecule has 1 heterocycles. The maximum absolute atomic E-state index is 4.41. The molecule has 0 amide bonds. The summed E-state index contributed by atoms with van der Waals surface area (Å²) in [6.07, 6.45) is 5.91. The number of benzene rings is 1. The average Bonchev–Trinajstić information content (AvgIpc) is 2.89. The van der Waals surface area contributed by atoms with Crippen LogP contribution in [0.1, 0.15) is 64.6 Å². The van der Waals surface area contributed by atoms with E-state index in [1.165, 1.54) is 58.1 Å². The van der Waals surface area contributed by atoms with Crippen molar-refractivity contribution in [1.82, 2.24) is 4.98 Å². The van der Waals surface area contributed by atoms with E-state index in [0.717, 1.165) is 12.8 Å². The molecular formula is C22H29N. The summed E-state index contributed by atoms with van der Waals surface area (Å²) in [6, 6.07) is 9.03. The first-order valence-corrected chi connectivity index (χ1v) is 8.89. The highest BCUT2D eigenvalue weighted by Crippen LogP contribution is 2.42. The van der Waals surface area contributed by atoms with Gasteiger partial charge in [0, 0.05) is 16.6 Å². The number of H-pyrrole nitrogens is 1. The fraction of sp³-hybridized carbons (Fsp3) is 0.455. The van der Waals surface area contributed by atoms with Crippen molar-refractivity contribution >= 4 is 16.5 Å². The number of aryl methyl sites for hydroxylation is 1. The second kappa shape index (κ2) is 6.03. The maximum atomic E-state index is 4.41. The molecule has 2 aromatic rings. The minimum atomic E-state index is 0.434. The second-order valence-electron chi connectivity index (χ2n) is 7.93. The van der Waals surface area contributed by atoms with Crippen molar-refractivity contribution in [2.45, 2.75) is 59.8 Å². The van der Waals surface area contributed by atoms with E-state index in [1.54, 1.807) is 0 Å². The molecule has 1 heteroatoms. The Hall–Kier alpha value is -1.76. The molecule has 1 aromatic heterocycles. The molecule has 1 aromatic carbocycles. The molecule has 0 unspecified atom stereocenters. The summed E-state index contributed by atoms with van der Waals surface area (Å²) in [6.45, 7) is 13.7. The number of rotatable bonds is 4. The van der Waals surface area contributed by atoms with E-state index < -0.39 is 0 Å². The van der Waals surface area contributed by atoms with Crippen molar-refractivity contribution in [3.8, 4) is 0 Å². The van der Waals surface area contributed by atoms with E-state index in [0.29, 0.717) is 5.41 Å². The molecule has 3 rings (SSSR count). The van der Waals surface area contributed by atoms with E-state index in [-0.39, 0.29) is 0 Å². The third-order valence-corrected chi connectivity index (χ3v) is 5.23. The van der Waals surface area contributed by atoms with Crippen LogP contribution >= 0.6 is 0 Å². The number of fused-ring (bicyclic) bond motifs is 1. The first-order chi connectivity index (χ1) is 10.9. The van der Waals surface area contributed by atoms with E-state index in [2.05, 4.69) is 63.5 Å². The van der Waals surface area contributed by atoms with Crippen molar-refractivity contribution in [1.29, 1.82) is 0 Å². The van der Waals surface area contributed by atoms with Crippen molar-refractivity contribution < 1.29 is 0 Å². The zero-order valence-corrected chi connectivity index (χ0v) is 15.1. The number of hydrogen-bond donors (Lipinski definition) is 1. The normalized spacial score (nSPS) is 17.7. The highest BCUT2D eigenvalue weighted by molar-refractivity contribution is 5.88. The fourth-order valence-electron chi connectivity index (χ4n) is 3.94. The summed E-state index contributed by atoms with van der Waals surface area (Å²) in [5.41, 5.74) is 8.43. The lowest BCUT2D eigenvalue weighted by Crippen LogP contribution is -2.17. The third kappa shape index (κ3) is 3.29. The fourth-order valence-corrected chi connectivity index (χ4v) is 3.94. The van der Waals surface area contributed by atoms with E-state index in [9.17, 15) is 0 Å². The molecule has 0 spiro atoms. The van der Waals surface area contributed by atoms with Gasteiger partial charge in [0.15, 0.2) is 0 Å². The Morgan fingerprint density at radius 3 is 2.74 bits per heavy atom. The molecular weight excluding hydrogens is 278 g/mol. The van der Waals surface area contributed by atoms with Crippen LogP contribution < -0.4 is 0 Å². The Balaban J connectivity index is 1.92. The predicted molar refractivity (Wildman–Crippen MR) is 102 cm³/mol. The second-order valence-corrected chi connectivity index (χ2v) is 7.93. The summed E-state index contributed by atoms with van der Waals surface area (Å²) in [4.78, 5) is 3.60. The number of nitrogens with one attached hydrogen (secondary N) is 1. The van der Waals surface area contributed by atoms with Gasteiger partial charge in [-0.25, -0.2) is 0 Å². The number of hydrogen-bond acceptors (Lipinski definition) is 0. The largest absolute Gasteiger partial charge is 0.355 e. The quantitative estimate of drug-likeness (QED) is 0.650. The van der Waals surface area contributed by atoms with Gasteiger partial charge in [0.05, 0.1) is 0 Å². The smallest absolute Gasteiger partial charge is 0.0461 e. The minimum Gasteiger partial charge on any atom is -0.355 e. The Bertz CT molecular complexity index is 770. The topological polar surface area (TPSA) is 15.8 Å². The van der Waals surface area contributed by atoms with Gasteiger partial charge >= 0.3 is 0 Å². The Morgan fingerprint density at radius 2 is 2.04 bits per heavy atom. The SMILES string of the molecule is C=C(C1=C(C)CC(C)(C)CC1)c1cc2ccc(CCC)cc2[nH]1. The Kier molecular flexibility index (Phi) is 4.23. The zero-order chi connectivity index (χ0) is 16.6. The summed E-state index contributed by atoms with van der Waals surface area (Å²) in [7, 11) is 0. The summed E-state index contributed by atoms with van der Waals surface area (Å²) in [5.74, 6) is 0. The van der Waals surface area contributed by atoms with Gasteiger partial charge in [-0.2, -0.15) is 0 Å². The highest BCUT2D eigenvalue weighted by Gasteiger charge is 2.26. The highest BCUT2D eigenvalue weighted by atomic mass is 14.7. The van der Waals surface area contributed by atoms with Crippen LogP contribution in [0, 0.1) is 5.41 Å². The third-order valence-electron chi connectivity index (χ3n) is 5.23. The summed E-state index contributed by atoms with van der Waals surface area (Å²) < 4.78 is 0. The van der Waals surface area contributed by atoms with E-state index in [1.807, 2.05) is 0 Å². The molecule has 1 aliphatic rings. The molecule has 0 bridgehead atoms. The van der Waals surface area contributed by atoms with Gasteiger partial charge in [-0.1, -0.05) is 51.5 Å². The molecule has 1 N–H and O–H groups in total. The lowest BCUT2D eigenvalue weighted by Gasteiger charge is -2.32. The predicted octanol–water partition coefficient (Wildman–Crippen LogP) is 6.66. The Morgan fingerprint density at radius 1 is 1.26 bits per heavy atom. The molecule has 1 aliphatic carbocycles. The molecule has 0 saturated carbocycles. The van der Waals surface area contributed by atoms with Gasteiger partial charge in [-0.05, 0) is 66.9 Å². The minimum absolute atomic E-state index is 0.434. The van der Waals surface area contributed by atoms with Crippen molar-refractivity contribution in [2.24, 2.45) is 5.41 Å². The summed E-state index contributed by atoms with van der Waals surface area (Å²) in [5, 5.41) is 1.29. The van der Waals surface area contributed by atoms with Gasteiger partial charge < -0.3 is 4.98 Å². The van der Waals surface area contributed by atoms with Crippen LogP contribution in [0.4, 0.5) is 0 Å². The molecule has 0 saturated heterocycles. The lowest BCUT2D eigenvalue weighted by atomic mass is 9.73. The summed E-state index contributed by atoms with van der Waals surface area (Å²) >= 11 is 0. The molecule has 1 nitrogen and oxygen atoms in total. The number of allylic oxidation sites excluding steroid dienone is 3. The monoisotopic (exact) mass is 307 g/mol. The van der Waals surface area contributed by atoms with Gasteiger partial charge in [0.1, 0.15) is 0 Å². The van der Waals surface area contributed by atoms with Crippen LogP contribution in [0.2, 0.25) is 0 Å². The van der Waals surface area contributed by atoms with Gasteiger partial charge in [0.2, 0.25) is 0 Å². The zero-order valence-electron chi connectivity index (χ0n) is 15.1. The molecule has 0 fully saturated rings. The van der Waals surface area contributed by atoms with Crippen LogP contribution in [0.5, 0.6) is 0 Å². The van der Waals surface area contributed by atoms with Crippen LogP contribution in [-0.2, 0) is 6.42 Å². The van der Waals surface area contributed by atoms with E-state index >= 15 is 0 Å². The van der Waals surface area contributed by atoms with Crippen molar-refractivity contribution in [2.75, 3.05) is 0 Å². The molecule has 122 valence electrons. The maximum Gasteiger partial charge on any atom is 0.0461 e. The van der Waals surface area contributed by atoms with Crippen LogP contribution in [0.3, 0.4) is 0 Å². The average molecular weight is 307 g/mol. The molecule has 23 heavy (non-hydrogen) atoms. The van der Waals surface area contributed by atoms with Gasteiger partial charge in [-0.15, -0.1) is 0 Å². The van der Waals surface area contributed by atoms with Crippen LogP contribution in [0.25, 0.3) is 16.5 Å². The molecule has 0 radical (unpaired) electrons. The molecule has 0 atom stereocenters. The van der Waals surface area contributed by atoms with Crippen LogP contribution in [0.15, 0.2) is 42.0 Å². The lowest BCUT2D eigenvalue weighted by molar-refractivity contribution is 0.316. The van der Waals surface area contributed by atoms with E-state index in [4.69, 9.17) is 0 Å². The number of aromatic amines is 1. The first-order valence-electron chi connectivity index (χ1n) is 8.89. The molecule has 0 aliphatic heterocycles. The Labute approximate surface area is 140 Å². The standard InChI is InChI=1S/C22H29N/c1-6-7-17-8-9-18-13-20(23-21(18)12-17)16(3)19-10-11-22(4,5)14-15(19)2/h8-9,12-13,23H,3,6-7,10-11,14H2,1-2,4-5H3. The van der Waals surface area contributed by atoms with Crippen molar-refractivity contribution in [3.05, 3.63) is 53.2 Å². The number of aromatic nitrogens is 1. The first kappa shape index (κ1) is 16.1. The van der Waals surface area contributed by atoms with Gasteiger partial charge in [-0.3, -0.25) is 0 Å². The van der Waals surface area contributed by atoms with Crippen molar-refractivity contribution in [3.63, 3.8) is 0 Å². The van der Waals surface area contributed by atoms with Gasteiger partial charge in [0.25, 0.3) is 0 Å². The van der Waals surface area contributed by atoms with Crippen LogP contribution in [-0.4, -0.2) is 4.98 Å².